The minimum atomic E-state index is 0.948. The first-order chi connectivity index (χ1) is 5.45. The van der Waals surface area contributed by atoms with Crippen molar-refractivity contribution in [1.82, 2.24) is 0 Å². The first-order valence-electron chi connectivity index (χ1n) is 5.12. The Bertz CT molecular complexity index is 142. The Labute approximate surface area is 69.7 Å². The van der Waals surface area contributed by atoms with Gasteiger partial charge in [0.1, 0.15) is 0 Å². The van der Waals surface area contributed by atoms with E-state index in [2.05, 4.69) is 12.2 Å². The van der Waals surface area contributed by atoms with E-state index in [1.54, 1.807) is 0 Å². The fourth-order valence-electron chi connectivity index (χ4n) is 1.98. The molecule has 11 heavy (non-hydrogen) atoms. The lowest BCUT2D eigenvalue weighted by Gasteiger charge is -2.15. The Morgan fingerprint density at radius 2 is 2.00 bits per heavy atom. The molecule has 62 valence electrons. The van der Waals surface area contributed by atoms with Crippen molar-refractivity contribution in [3.05, 3.63) is 12.2 Å². The molecule has 0 radical (unpaired) electrons. The minimum absolute atomic E-state index is 0.948. The zero-order valence-corrected chi connectivity index (χ0v) is 7.26. The van der Waals surface area contributed by atoms with Crippen LogP contribution in [0.5, 0.6) is 0 Å². The van der Waals surface area contributed by atoms with Crippen molar-refractivity contribution in [2.45, 2.75) is 44.9 Å². The van der Waals surface area contributed by atoms with Crippen LogP contribution in [0.4, 0.5) is 0 Å². The molecule has 0 heterocycles. The summed E-state index contributed by atoms with van der Waals surface area (Å²) < 4.78 is 0. The molecule has 2 rings (SSSR count). The predicted molar refractivity (Wildman–Crippen MR) is 48.4 cm³/mol. The predicted octanol–water partition coefficient (Wildman–Crippen LogP) is 3.53. The van der Waals surface area contributed by atoms with Crippen LogP contribution in [0, 0.1) is 11.8 Å². The normalized spacial score (nSPS) is 30.7. The summed E-state index contributed by atoms with van der Waals surface area (Å²) in [4.78, 5) is 0. The van der Waals surface area contributed by atoms with Crippen molar-refractivity contribution in [2.24, 2.45) is 11.8 Å². The molecule has 0 aromatic rings. The van der Waals surface area contributed by atoms with E-state index in [-0.39, 0.29) is 0 Å². The standard InChI is InChI=1S/C11H18/c1-2-4-10(5-3-1)6-7-11-8-9-11/h2,4,10-11H,1,3,5-9H2. The van der Waals surface area contributed by atoms with Crippen molar-refractivity contribution in [2.75, 3.05) is 0 Å². The lowest BCUT2D eigenvalue weighted by molar-refractivity contribution is 0.473. The Hall–Kier alpha value is -0.260. The maximum absolute atomic E-state index is 2.45. The molecule has 0 nitrogen and oxygen atoms in total. The Morgan fingerprint density at radius 3 is 2.64 bits per heavy atom. The molecule has 1 fully saturated rings. The molecule has 2 aliphatic carbocycles. The van der Waals surface area contributed by atoms with Crippen LogP contribution < -0.4 is 0 Å². The summed E-state index contributed by atoms with van der Waals surface area (Å²) in [7, 11) is 0. The molecule has 2 aliphatic rings. The molecule has 0 amide bonds. The van der Waals surface area contributed by atoms with Crippen molar-refractivity contribution in [1.29, 1.82) is 0 Å². The topological polar surface area (TPSA) is 0 Å². The van der Waals surface area contributed by atoms with Crippen molar-refractivity contribution in [3.8, 4) is 0 Å². The third kappa shape index (κ3) is 2.36. The van der Waals surface area contributed by atoms with Crippen LogP contribution in [0.25, 0.3) is 0 Å². The van der Waals surface area contributed by atoms with Crippen molar-refractivity contribution in [3.63, 3.8) is 0 Å². The van der Waals surface area contributed by atoms with Gasteiger partial charge in [0.2, 0.25) is 0 Å². The summed E-state index contributed by atoms with van der Waals surface area (Å²) in [5.74, 6) is 2.08. The van der Waals surface area contributed by atoms with Crippen LogP contribution >= 0.6 is 0 Å². The molecule has 0 spiro atoms. The SMILES string of the molecule is C1=CC(CCC2CC2)CCC1. The van der Waals surface area contributed by atoms with Gasteiger partial charge < -0.3 is 0 Å². The van der Waals surface area contributed by atoms with E-state index < -0.39 is 0 Å². The highest BCUT2D eigenvalue weighted by molar-refractivity contribution is 4.93. The fourth-order valence-corrected chi connectivity index (χ4v) is 1.98. The van der Waals surface area contributed by atoms with E-state index >= 15 is 0 Å². The van der Waals surface area contributed by atoms with Gasteiger partial charge in [0.15, 0.2) is 0 Å². The number of allylic oxidation sites excluding steroid dienone is 2. The van der Waals surface area contributed by atoms with Crippen LogP contribution in [0.1, 0.15) is 44.9 Å². The van der Waals surface area contributed by atoms with Gasteiger partial charge >= 0.3 is 0 Å². The van der Waals surface area contributed by atoms with Crippen LogP contribution in [-0.2, 0) is 0 Å². The van der Waals surface area contributed by atoms with E-state index in [0.29, 0.717) is 0 Å². The Kier molecular flexibility index (Phi) is 2.30. The van der Waals surface area contributed by atoms with Gasteiger partial charge in [-0.1, -0.05) is 25.0 Å². The molecule has 0 saturated heterocycles. The summed E-state index contributed by atoms with van der Waals surface area (Å²) in [5.41, 5.74) is 0. The third-order valence-electron chi connectivity index (χ3n) is 3.00. The molecular weight excluding hydrogens is 132 g/mol. The van der Waals surface area contributed by atoms with Gasteiger partial charge in [-0.25, -0.2) is 0 Å². The Morgan fingerprint density at radius 1 is 1.09 bits per heavy atom. The lowest BCUT2D eigenvalue weighted by atomic mass is 9.91. The molecular formula is C11H18. The summed E-state index contributed by atoms with van der Waals surface area (Å²) in [6.07, 6.45) is 15.1. The van der Waals surface area contributed by atoms with Gasteiger partial charge in [-0.05, 0) is 43.9 Å². The van der Waals surface area contributed by atoms with E-state index in [9.17, 15) is 0 Å². The summed E-state index contributed by atoms with van der Waals surface area (Å²) >= 11 is 0. The van der Waals surface area contributed by atoms with Gasteiger partial charge in [0.25, 0.3) is 0 Å². The maximum Gasteiger partial charge on any atom is -0.0233 e. The number of hydrogen-bond donors (Lipinski definition) is 0. The van der Waals surface area contributed by atoms with Crippen molar-refractivity contribution < 1.29 is 0 Å². The summed E-state index contributed by atoms with van der Waals surface area (Å²) in [6.45, 7) is 0. The molecule has 1 saturated carbocycles. The molecule has 0 N–H and O–H groups in total. The Balaban J connectivity index is 1.67. The van der Waals surface area contributed by atoms with E-state index in [1.807, 2.05) is 0 Å². The second kappa shape index (κ2) is 3.42. The average Bonchev–Trinajstić information content (AvgIpc) is 2.86. The van der Waals surface area contributed by atoms with E-state index in [0.717, 1.165) is 11.8 Å². The maximum atomic E-state index is 2.45. The average molecular weight is 150 g/mol. The molecule has 0 heteroatoms. The molecule has 0 bridgehead atoms. The zero-order valence-electron chi connectivity index (χ0n) is 7.26. The molecule has 0 aromatic heterocycles. The van der Waals surface area contributed by atoms with Crippen LogP contribution in [-0.4, -0.2) is 0 Å². The highest BCUT2D eigenvalue weighted by Gasteiger charge is 2.21. The van der Waals surface area contributed by atoms with Gasteiger partial charge in [-0.15, -0.1) is 0 Å². The molecule has 0 aromatic carbocycles. The summed E-state index contributed by atoms with van der Waals surface area (Å²) in [5, 5.41) is 0. The monoisotopic (exact) mass is 150 g/mol. The first kappa shape index (κ1) is 7.39. The zero-order chi connectivity index (χ0) is 7.52. The van der Waals surface area contributed by atoms with Gasteiger partial charge in [-0.2, -0.15) is 0 Å². The van der Waals surface area contributed by atoms with E-state index in [4.69, 9.17) is 0 Å². The molecule has 1 unspecified atom stereocenters. The smallest absolute Gasteiger partial charge is 0.0233 e. The number of rotatable bonds is 3. The van der Waals surface area contributed by atoms with E-state index in [1.165, 1.54) is 44.9 Å². The van der Waals surface area contributed by atoms with Crippen LogP contribution in [0.3, 0.4) is 0 Å². The second-order valence-electron chi connectivity index (χ2n) is 4.14. The quantitative estimate of drug-likeness (QED) is 0.540. The summed E-state index contributed by atoms with van der Waals surface area (Å²) in [6, 6.07) is 0. The van der Waals surface area contributed by atoms with Crippen molar-refractivity contribution >= 4 is 0 Å². The van der Waals surface area contributed by atoms with Gasteiger partial charge in [0, 0.05) is 0 Å². The lowest BCUT2D eigenvalue weighted by Crippen LogP contribution is -2.00. The minimum Gasteiger partial charge on any atom is -0.0883 e. The molecule has 0 aliphatic heterocycles. The van der Waals surface area contributed by atoms with Crippen LogP contribution in [0.15, 0.2) is 12.2 Å². The molecule has 1 atom stereocenters. The number of hydrogen-bond acceptors (Lipinski definition) is 0. The van der Waals surface area contributed by atoms with Crippen LogP contribution in [0.2, 0.25) is 0 Å². The largest absolute Gasteiger partial charge is 0.0883 e. The first-order valence-corrected chi connectivity index (χ1v) is 5.12. The van der Waals surface area contributed by atoms with Gasteiger partial charge in [0.05, 0.1) is 0 Å². The third-order valence-corrected chi connectivity index (χ3v) is 3.00. The van der Waals surface area contributed by atoms with Gasteiger partial charge in [-0.3, -0.25) is 0 Å². The highest BCUT2D eigenvalue weighted by Crippen LogP contribution is 2.36. The second-order valence-corrected chi connectivity index (χ2v) is 4.14. The fraction of sp³-hybridized carbons (Fsp3) is 0.818. The highest BCUT2D eigenvalue weighted by atomic mass is 14.3.